The summed E-state index contributed by atoms with van der Waals surface area (Å²) in [6.07, 6.45) is 0.185. The molecule has 1 N–H and O–H groups in total. The highest BCUT2D eigenvalue weighted by Crippen LogP contribution is 2.19. The Hall–Kier alpha value is -1.39. The Morgan fingerprint density at radius 3 is 2.32 bits per heavy atom. The van der Waals surface area contributed by atoms with Crippen LogP contribution in [0.2, 0.25) is 0 Å². The lowest BCUT2D eigenvalue weighted by Crippen LogP contribution is -2.35. The first-order valence-corrected chi connectivity index (χ1v) is 6.66. The van der Waals surface area contributed by atoms with Gasteiger partial charge in [0.1, 0.15) is 0 Å². The van der Waals surface area contributed by atoms with Crippen LogP contribution >= 0.6 is 0 Å². The van der Waals surface area contributed by atoms with Gasteiger partial charge >= 0.3 is 5.97 Å². The number of benzene rings is 1. The molecule has 0 aliphatic rings. The lowest BCUT2D eigenvalue weighted by Gasteiger charge is -2.30. The van der Waals surface area contributed by atoms with Gasteiger partial charge in [0.15, 0.2) is 0 Å². The van der Waals surface area contributed by atoms with Crippen molar-refractivity contribution in [3.05, 3.63) is 35.9 Å². The average molecular weight is 264 g/mol. The van der Waals surface area contributed by atoms with Crippen molar-refractivity contribution in [1.82, 2.24) is 9.80 Å². The fourth-order valence-electron chi connectivity index (χ4n) is 2.01. The molecule has 0 fully saturated rings. The molecule has 4 heteroatoms. The molecule has 0 amide bonds. The molecule has 0 radical (unpaired) electrons. The van der Waals surface area contributed by atoms with Crippen LogP contribution in [0.25, 0.3) is 0 Å². The predicted molar refractivity (Wildman–Crippen MR) is 77.2 cm³/mol. The second-order valence-electron chi connectivity index (χ2n) is 5.07. The number of carboxylic acids is 1. The molecule has 0 spiro atoms. The van der Waals surface area contributed by atoms with E-state index in [1.165, 1.54) is 5.56 Å². The third-order valence-electron chi connectivity index (χ3n) is 3.28. The molecule has 0 aliphatic heterocycles. The first-order chi connectivity index (χ1) is 9.00. The fraction of sp³-hybridized carbons (Fsp3) is 0.533. The average Bonchev–Trinajstić information content (AvgIpc) is 2.38. The van der Waals surface area contributed by atoms with E-state index in [9.17, 15) is 4.79 Å². The van der Waals surface area contributed by atoms with Gasteiger partial charge in [-0.3, -0.25) is 9.69 Å². The van der Waals surface area contributed by atoms with E-state index in [1.54, 1.807) is 0 Å². The predicted octanol–water partition coefficient (Wildman–Crippen LogP) is 2.09. The minimum atomic E-state index is -0.741. The quantitative estimate of drug-likeness (QED) is 0.781. The Morgan fingerprint density at radius 1 is 1.16 bits per heavy atom. The number of hydrogen-bond donors (Lipinski definition) is 1. The van der Waals surface area contributed by atoms with E-state index in [0.717, 1.165) is 13.1 Å². The molecule has 0 bridgehead atoms. The van der Waals surface area contributed by atoms with Crippen molar-refractivity contribution in [2.45, 2.75) is 19.4 Å². The smallest absolute Gasteiger partial charge is 0.304 e. The molecule has 4 nitrogen and oxygen atoms in total. The molecule has 19 heavy (non-hydrogen) atoms. The van der Waals surface area contributed by atoms with Gasteiger partial charge in [0.05, 0.1) is 6.42 Å². The van der Waals surface area contributed by atoms with Crippen molar-refractivity contribution >= 4 is 5.97 Å². The number of carboxylic acid groups (broad SMARTS) is 1. The second kappa shape index (κ2) is 7.92. The van der Waals surface area contributed by atoms with Gasteiger partial charge in [0, 0.05) is 25.7 Å². The summed E-state index contributed by atoms with van der Waals surface area (Å²) in [5, 5.41) is 8.86. The van der Waals surface area contributed by atoms with Crippen molar-refractivity contribution < 1.29 is 9.90 Å². The Labute approximate surface area is 115 Å². The molecule has 1 rings (SSSR count). The first kappa shape index (κ1) is 15.7. The van der Waals surface area contributed by atoms with Crippen LogP contribution in [-0.4, -0.2) is 54.6 Å². The summed E-state index contributed by atoms with van der Waals surface area (Å²) >= 11 is 0. The summed E-state index contributed by atoms with van der Waals surface area (Å²) < 4.78 is 0. The SMILES string of the molecule is CC(c1ccccc1)N(CCC(=O)O)CCN(C)C. The number of nitrogens with zero attached hydrogens (tertiary/aromatic N) is 2. The van der Waals surface area contributed by atoms with Gasteiger partial charge in [0.2, 0.25) is 0 Å². The second-order valence-corrected chi connectivity index (χ2v) is 5.07. The molecule has 1 unspecified atom stereocenters. The number of likely N-dealkylation sites (N-methyl/N-ethyl adjacent to an activating group) is 1. The van der Waals surface area contributed by atoms with Crippen LogP contribution in [0.5, 0.6) is 0 Å². The summed E-state index contributed by atoms with van der Waals surface area (Å²) in [5.74, 6) is -0.741. The summed E-state index contributed by atoms with van der Waals surface area (Å²) in [6, 6.07) is 10.5. The van der Waals surface area contributed by atoms with Crippen molar-refractivity contribution in [3.8, 4) is 0 Å². The topological polar surface area (TPSA) is 43.8 Å². The lowest BCUT2D eigenvalue weighted by molar-refractivity contribution is -0.137. The van der Waals surface area contributed by atoms with E-state index in [2.05, 4.69) is 28.9 Å². The van der Waals surface area contributed by atoms with E-state index in [1.807, 2.05) is 32.3 Å². The molecule has 1 atom stereocenters. The van der Waals surface area contributed by atoms with Crippen LogP contribution in [0, 0.1) is 0 Å². The number of rotatable bonds is 8. The van der Waals surface area contributed by atoms with Gasteiger partial charge in [-0.1, -0.05) is 30.3 Å². The zero-order valence-corrected chi connectivity index (χ0v) is 12.0. The monoisotopic (exact) mass is 264 g/mol. The van der Waals surface area contributed by atoms with E-state index in [0.29, 0.717) is 6.54 Å². The van der Waals surface area contributed by atoms with Crippen molar-refractivity contribution in [3.63, 3.8) is 0 Å². The summed E-state index contributed by atoms with van der Waals surface area (Å²) in [6.45, 7) is 4.51. The zero-order valence-electron chi connectivity index (χ0n) is 12.0. The molecular formula is C15H24N2O2. The maximum Gasteiger partial charge on any atom is 0.304 e. The zero-order chi connectivity index (χ0) is 14.3. The molecule has 0 heterocycles. The van der Waals surface area contributed by atoms with Gasteiger partial charge in [0.25, 0.3) is 0 Å². The third-order valence-corrected chi connectivity index (χ3v) is 3.28. The van der Waals surface area contributed by atoms with Crippen LogP contribution in [-0.2, 0) is 4.79 Å². The van der Waals surface area contributed by atoms with E-state index < -0.39 is 5.97 Å². The van der Waals surface area contributed by atoms with Crippen LogP contribution in [0.4, 0.5) is 0 Å². The molecular weight excluding hydrogens is 240 g/mol. The highest BCUT2D eigenvalue weighted by molar-refractivity contribution is 5.66. The molecule has 1 aromatic carbocycles. The minimum Gasteiger partial charge on any atom is -0.481 e. The van der Waals surface area contributed by atoms with Crippen molar-refractivity contribution in [2.75, 3.05) is 33.7 Å². The summed E-state index contributed by atoms with van der Waals surface area (Å²) in [4.78, 5) is 15.1. The Morgan fingerprint density at radius 2 is 1.79 bits per heavy atom. The van der Waals surface area contributed by atoms with Crippen molar-refractivity contribution in [1.29, 1.82) is 0 Å². The van der Waals surface area contributed by atoms with Gasteiger partial charge in [-0.15, -0.1) is 0 Å². The first-order valence-electron chi connectivity index (χ1n) is 6.66. The maximum absolute atomic E-state index is 10.8. The van der Waals surface area contributed by atoms with E-state index in [4.69, 9.17) is 5.11 Å². The molecule has 1 aromatic rings. The third kappa shape index (κ3) is 5.85. The van der Waals surface area contributed by atoms with Crippen LogP contribution in [0.1, 0.15) is 24.9 Å². The van der Waals surface area contributed by atoms with E-state index in [-0.39, 0.29) is 12.5 Å². The largest absolute Gasteiger partial charge is 0.481 e. The van der Waals surface area contributed by atoms with Gasteiger partial charge in [-0.2, -0.15) is 0 Å². The summed E-state index contributed by atoms with van der Waals surface area (Å²) in [5.41, 5.74) is 1.23. The van der Waals surface area contributed by atoms with Crippen LogP contribution in [0.15, 0.2) is 30.3 Å². The Balaban J connectivity index is 2.68. The molecule has 0 aliphatic carbocycles. The van der Waals surface area contributed by atoms with Gasteiger partial charge in [-0.25, -0.2) is 0 Å². The molecule has 0 saturated carbocycles. The lowest BCUT2D eigenvalue weighted by atomic mass is 10.1. The number of hydrogen-bond acceptors (Lipinski definition) is 3. The minimum absolute atomic E-state index is 0.185. The van der Waals surface area contributed by atoms with E-state index >= 15 is 0 Å². The summed E-state index contributed by atoms with van der Waals surface area (Å²) in [7, 11) is 4.06. The van der Waals surface area contributed by atoms with Crippen LogP contribution < -0.4 is 0 Å². The normalized spacial score (nSPS) is 12.9. The fourth-order valence-corrected chi connectivity index (χ4v) is 2.01. The maximum atomic E-state index is 10.8. The van der Waals surface area contributed by atoms with Crippen molar-refractivity contribution in [2.24, 2.45) is 0 Å². The number of aliphatic carboxylic acids is 1. The number of carbonyl (C=O) groups is 1. The highest BCUT2D eigenvalue weighted by Gasteiger charge is 2.16. The Kier molecular flexibility index (Phi) is 6.53. The standard InChI is InChI=1S/C15H24N2O2/c1-13(14-7-5-4-6-8-14)17(10-9-15(18)19)12-11-16(2)3/h4-8,13H,9-12H2,1-3H3,(H,18,19). The van der Waals surface area contributed by atoms with Crippen LogP contribution in [0.3, 0.4) is 0 Å². The van der Waals surface area contributed by atoms with Gasteiger partial charge in [-0.05, 0) is 26.6 Å². The molecule has 106 valence electrons. The molecule has 0 saturated heterocycles. The molecule has 0 aromatic heterocycles. The van der Waals surface area contributed by atoms with Gasteiger partial charge < -0.3 is 10.0 Å². The highest BCUT2D eigenvalue weighted by atomic mass is 16.4. The Bertz CT molecular complexity index is 379.